The molecule has 130 valence electrons. The standard InChI is InChI=1S/C20H28N2O2/c1-2-13-24-17-7-5-15-6-8-19(18(15)14-17)21-9-11-22(12-10-21)20(23)16-3-4-16/h5,7,14,16,19H,2-4,6,8-13H2,1H3. The van der Waals surface area contributed by atoms with Gasteiger partial charge in [0.15, 0.2) is 0 Å². The summed E-state index contributed by atoms with van der Waals surface area (Å²) in [5.41, 5.74) is 2.92. The summed E-state index contributed by atoms with van der Waals surface area (Å²) >= 11 is 0. The van der Waals surface area contributed by atoms with Gasteiger partial charge in [-0.15, -0.1) is 0 Å². The number of fused-ring (bicyclic) bond motifs is 1. The minimum Gasteiger partial charge on any atom is -0.494 e. The SMILES string of the molecule is CCCOc1ccc2c(c1)C(N1CCN(C(=O)C3CC3)CC1)CC2. The Morgan fingerprint density at radius 1 is 1.17 bits per heavy atom. The first kappa shape index (κ1) is 15.9. The van der Waals surface area contributed by atoms with Crippen LogP contribution in [0.1, 0.15) is 49.8 Å². The van der Waals surface area contributed by atoms with Crippen LogP contribution in [0.5, 0.6) is 5.75 Å². The molecule has 1 aromatic carbocycles. The Kier molecular flexibility index (Phi) is 4.49. The maximum Gasteiger partial charge on any atom is 0.225 e. The van der Waals surface area contributed by atoms with Gasteiger partial charge in [0.2, 0.25) is 5.91 Å². The number of carbonyl (C=O) groups excluding carboxylic acids is 1. The Balaban J connectivity index is 1.41. The van der Waals surface area contributed by atoms with Crippen molar-refractivity contribution in [1.29, 1.82) is 0 Å². The molecule has 4 rings (SSSR count). The van der Waals surface area contributed by atoms with Gasteiger partial charge in [-0.1, -0.05) is 13.0 Å². The number of ether oxygens (including phenoxy) is 1. The molecule has 0 aromatic heterocycles. The summed E-state index contributed by atoms with van der Waals surface area (Å²) in [6.07, 6.45) is 5.61. The fourth-order valence-corrected chi connectivity index (χ4v) is 4.09. The fourth-order valence-electron chi connectivity index (χ4n) is 4.09. The number of amides is 1. The molecular weight excluding hydrogens is 300 g/mol. The van der Waals surface area contributed by atoms with Crippen molar-refractivity contribution in [2.45, 2.75) is 45.1 Å². The summed E-state index contributed by atoms with van der Waals surface area (Å²) in [5.74, 6) is 1.75. The zero-order chi connectivity index (χ0) is 16.5. The first-order valence-electron chi connectivity index (χ1n) is 9.54. The molecule has 24 heavy (non-hydrogen) atoms. The summed E-state index contributed by atoms with van der Waals surface area (Å²) in [7, 11) is 0. The summed E-state index contributed by atoms with van der Waals surface area (Å²) in [6.45, 7) is 6.72. The van der Waals surface area contributed by atoms with Gasteiger partial charge in [-0.3, -0.25) is 9.69 Å². The van der Waals surface area contributed by atoms with E-state index < -0.39 is 0 Å². The monoisotopic (exact) mass is 328 g/mol. The van der Waals surface area contributed by atoms with E-state index in [9.17, 15) is 4.79 Å². The molecule has 1 atom stereocenters. The molecule has 3 aliphatic rings. The molecule has 4 heteroatoms. The highest BCUT2D eigenvalue weighted by Crippen LogP contribution is 2.38. The van der Waals surface area contributed by atoms with E-state index in [0.29, 0.717) is 17.9 Å². The number of rotatable bonds is 5. The van der Waals surface area contributed by atoms with E-state index in [1.165, 1.54) is 17.5 Å². The van der Waals surface area contributed by atoms with Crippen LogP contribution >= 0.6 is 0 Å². The molecule has 0 radical (unpaired) electrons. The number of hydrogen-bond donors (Lipinski definition) is 0. The smallest absolute Gasteiger partial charge is 0.225 e. The lowest BCUT2D eigenvalue weighted by atomic mass is 10.1. The number of nitrogens with zero attached hydrogens (tertiary/aromatic N) is 2. The molecule has 1 aromatic rings. The van der Waals surface area contributed by atoms with Gasteiger partial charge >= 0.3 is 0 Å². The Hall–Kier alpha value is -1.55. The van der Waals surface area contributed by atoms with Gasteiger partial charge in [-0.2, -0.15) is 0 Å². The molecule has 4 nitrogen and oxygen atoms in total. The average Bonchev–Trinajstić information content (AvgIpc) is 3.39. The normalized spacial score (nSPS) is 24.0. The highest BCUT2D eigenvalue weighted by molar-refractivity contribution is 5.81. The Morgan fingerprint density at radius 3 is 2.67 bits per heavy atom. The largest absolute Gasteiger partial charge is 0.494 e. The summed E-state index contributed by atoms with van der Waals surface area (Å²) in [4.78, 5) is 16.9. The molecule has 1 heterocycles. The van der Waals surface area contributed by atoms with Gasteiger partial charge < -0.3 is 9.64 Å². The predicted octanol–water partition coefficient (Wildman–Crippen LogP) is 3.02. The number of piperazine rings is 1. The predicted molar refractivity (Wildman–Crippen MR) is 94.2 cm³/mol. The minimum atomic E-state index is 0.349. The number of carbonyl (C=O) groups is 1. The van der Waals surface area contributed by atoms with Crippen LogP contribution < -0.4 is 4.74 Å². The zero-order valence-corrected chi connectivity index (χ0v) is 14.7. The van der Waals surface area contributed by atoms with E-state index in [2.05, 4.69) is 34.9 Å². The van der Waals surface area contributed by atoms with E-state index in [1.807, 2.05) is 0 Å². The molecule has 1 saturated carbocycles. The lowest BCUT2D eigenvalue weighted by Crippen LogP contribution is -2.49. The highest BCUT2D eigenvalue weighted by Gasteiger charge is 2.36. The average molecular weight is 328 g/mol. The fraction of sp³-hybridized carbons (Fsp3) is 0.650. The van der Waals surface area contributed by atoms with Gasteiger partial charge in [-0.05, 0) is 55.4 Å². The summed E-state index contributed by atoms with van der Waals surface area (Å²) in [6, 6.07) is 7.11. The van der Waals surface area contributed by atoms with Crippen molar-refractivity contribution in [1.82, 2.24) is 9.80 Å². The third-order valence-electron chi connectivity index (χ3n) is 5.63. The lowest BCUT2D eigenvalue weighted by Gasteiger charge is -2.38. The Bertz CT molecular complexity index is 604. The van der Waals surface area contributed by atoms with Crippen LogP contribution in [0.25, 0.3) is 0 Å². The highest BCUT2D eigenvalue weighted by atomic mass is 16.5. The van der Waals surface area contributed by atoms with E-state index >= 15 is 0 Å². The third kappa shape index (κ3) is 3.16. The molecule has 0 N–H and O–H groups in total. The Labute approximate surface area is 144 Å². The van der Waals surface area contributed by atoms with Gasteiger partial charge in [-0.25, -0.2) is 0 Å². The van der Waals surface area contributed by atoms with Crippen LogP contribution in [-0.2, 0) is 11.2 Å². The van der Waals surface area contributed by atoms with Crippen molar-refractivity contribution in [3.8, 4) is 5.75 Å². The second kappa shape index (κ2) is 6.75. The quantitative estimate of drug-likeness (QED) is 0.833. The van der Waals surface area contributed by atoms with Crippen LogP contribution in [0, 0.1) is 5.92 Å². The van der Waals surface area contributed by atoms with E-state index in [-0.39, 0.29) is 0 Å². The van der Waals surface area contributed by atoms with Crippen molar-refractivity contribution in [2.75, 3.05) is 32.8 Å². The first-order valence-corrected chi connectivity index (χ1v) is 9.54. The molecular formula is C20H28N2O2. The summed E-state index contributed by atoms with van der Waals surface area (Å²) in [5, 5.41) is 0. The second-order valence-corrected chi connectivity index (χ2v) is 7.40. The zero-order valence-electron chi connectivity index (χ0n) is 14.7. The van der Waals surface area contributed by atoms with Gasteiger partial charge in [0.05, 0.1) is 6.61 Å². The van der Waals surface area contributed by atoms with Gasteiger partial charge in [0.25, 0.3) is 0 Å². The third-order valence-corrected chi connectivity index (χ3v) is 5.63. The first-order chi connectivity index (χ1) is 11.8. The Morgan fingerprint density at radius 2 is 1.96 bits per heavy atom. The van der Waals surface area contributed by atoms with Crippen LogP contribution in [0.2, 0.25) is 0 Å². The molecule has 1 saturated heterocycles. The molecule has 2 aliphatic carbocycles. The maximum atomic E-state index is 12.2. The van der Waals surface area contributed by atoms with Gasteiger partial charge in [0, 0.05) is 38.1 Å². The topological polar surface area (TPSA) is 32.8 Å². The van der Waals surface area contributed by atoms with E-state index in [4.69, 9.17) is 4.74 Å². The van der Waals surface area contributed by atoms with Gasteiger partial charge in [0.1, 0.15) is 5.75 Å². The van der Waals surface area contributed by atoms with E-state index in [0.717, 1.165) is 64.2 Å². The molecule has 1 amide bonds. The van der Waals surface area contributed by atoms with Crippen LogP contribution in [0.4, 0.5) is 0 Å². The van der Waals surface area contributed by atoms with Crippen molar-refractivity contribution < 1.29 is 9.53 Å². The minimum absolute atomic E-state index is 0.349. The second-order valence-electron chi connectivity index (χ2n) is 7.40. The van der Waals surface area contributed by atoms with Crippen molar-refractivity contribution in [3.05, 3.63) is 29.3 Å². The van der Waals surface area contributed by atoms with Crippen LogP contribution in [-0.4, -0.2) is 48.5 Å². The number of benzene rings is 1. The molecule has 0 bridgehead atoms. The lowest BCUT2D eigenvalue weighted by molar-refractivity contribution is -0.134. The molecule has 0 spiro atoms. The number of aryl methyl sites for hydroxylation is 1. The number of hydrogen-bond acceptors (Lipinski definition) is 3. The van der Waals surface area contributed by atoms with Crippen LogP contribution in [0.15, 0.2) is 18.2 Å². The van der Waals surface area contributed by atoms with Crippen molar-refractivity contribution in [2.24, 2.45) is 5.92 Å². The van der Waals surface area contributed by atoms with E-state index in [1.54, 1.807) is 0 Å². The molecule has 1 unspecified atom stereocenters. The van der Waals surface area contributed by atoms with Crippen molar-refractivity contribution in [3.63, 3.8) is 0 Å². The van der Waals surface area contributed by atoms with Crippen LogP contribution in [0.3, 0.4) is 0 Å². The molecule has 2 fully saturated rings. The molecule has 1 aliphatic heterocycles. The maximum absolute atomic E-state index is 12.2. The summed E-state index contributed by atoms with van der Waals surface area (Å²) < 4.78 is 5.83. The van der Waals surface area contributed by atoms with Crippen molar-refractivity contribution >= 4 is 5.91 Å².